The second-order valence-corrected chi connectivity index (χ2v) is 8.85. The number of benzene rings is 1. The fraction of sp³-hybridized carbons (Fsp3) is 0.571. The van der Waals surface area contributed by atoms with Crippen molar-refractivity contribution in [1.82, 2.24) is 9.97 Å². The summed E-state index contributed by atoms with van der Waals surface area (Å²) >= 11 is 0. The Hall–Kier alpha value is -2.48. The van der Waals surface area contributed by atoms with E-state index in [9.17, 15) is 0 Å². The summed E-state index contributed by atoms with van der Waals surface area (Å²) in [5.41, 5.74) is 1.27. The van der Waals surface area contributed by atoms with Crippen LogP contribution in [0.25, 0.3) is 11.0 Å². The van der Waals surface area contributed by atoms with E-state index in [1.165, 1.54) is 0 Å². The predicted octanol–water partition coefficient (Wildman–Crippen LogP) is 4.78. The summed E-state index contributed by atoms with van der Waals surface area (Å²) in [5, 5.41) is 0. The van der Waals surface area contributed by atoms with E-state index in [0.717, 1.165) is 37.1 Å². The standard InChI is InChI=1S/C28H38N2O4/c1-7-17-31-19-21-33-27(3,4)15-13-25-26(30-24-12-10-9-11-23(24)29-25)14-16-28(5,6)34-22-20-32-18-8-2/h9-12H,7-8,17-22H2,1-6H3. The quantitative estimate of drug-likeness (QED) is 0.331. The minimum absolute atomic E-state index is 0.477. The van der Waals surface area contributed by atoms with Gasteiger partial charge in [-0.2, -0.15) is 0 Å². The van der Waals surface area contributed by atoms with Gasteiger partial charge in [-0.1, -0.05) is 37.8 Å². The first-order chi connectivity index (χ1) is 16.3. The summed E-state index contributed by atoms with van der Waals surface area (Å²) in [5.74, 6) is 12.6. The van der Waals surface area contributed by atoms with Crippen molar-refractivity contribution in [3.8, 4) is 23.7 Å². The van der Waals surface area contributed by atoms with E-state index < -0.39 is 11.2 Å². The average Bonchev–Trinajstić information content (AvgIpc) is 2.81. The highest BCUT2D eigenvalue weighted by atomic mass is 16.5. The Labute approximate surface area is 204 Å². The Morgan fingerprint density at radius 2 is 1.06 bits per heavy atom. The molecule has 0 radical (unpaired) electrons. The first-order valence-corrected chi connectivity index (χ1v) is 12.0. The number of fused-ring (bicyclic) bond motifs is 1. The molecule has 1 aromatic heterocycles. The number of nitrogens with zero attached hydrogens (tertiary/aromatic N) is 2. The SMILES string of the molecule is CCCOCCOC(C)(C)C#Cc1nc2ccccc2nc1C#CC(C)(C)OCCOCCC. The van der Waals surface area contributed by atoms with Gasteiger partial charge in [-0.15, -0.1) is 0 Å². The molecule has 0 saturated carbocycles. The highest BCUT2D eigenvalue weighted by Gasteiger charge is 2.16. The molecule has 2 aromatic rings. The maximum Gasteiger partial charge on any atom is 0.148 e. The van der Waals surface area contributed by atoms with Crippen LogP contribution in [0.5, 0.6) is 0 Å². The molecule has 2 rings (SSSR count). The van der Waals surface area contributed by atoms with Crippen molar-refractivity contribution in [2.24, 2.45) is 0 Å². The smallest absolute Gasteiger partial charge is 0.148 e. The third-order valence-corrected chi connectivity index (χ3v) is 4.61. The molecule has 0 unspecified atom stereocenters. The molecule has 34 heavy (non-hydrogen) atoms. The molecular weight excluding hydrogens is 428 g/mol. The fourth-order valence-corrected chi connectivity index (χ4v) is 2.87. The molecule has 184 valence electrons. The van der Waals surface area contributed by atoms with Crippen molar-refractivity contribution in [2.45, 2.75) is 65.6 Å². The summed E-state index contributed by atoms with van der Waals surface area (Å²) in [6.07, 6.45) is 1.98. The number of rotatable bonds is 12. The minimum Gasteiger partial charge on any atom is -0.379 e. The van der Waals surface area contributed by atoms with Gasteiger partial charge in [0.05, 0.1) is 37.5 Å². The van der Waals surface area contributed by atoms with Gasteiger partial charge >= 0.3 is 0 Å². The molecule has 1 heterocycles. The van der Waals surface area contributed by atoms with Crippen molar-refractivity contribution in [3.05, 3.63) is 35.7 Å². The number of para-hydroxylation sites is 2. The Kier molecular flexibility index (Phi) is 11.5. The van der Waals surface area contributed by atoms with Gasteiger partial charge in [-0.05, 0) is 64.5 Å². The summed E-state index contributed by atoms with van der Waals surface area (Å²) < 4.78 is 22.8. The van der Waals surface area contributed by atoms with E-state index in [2.05, 4.69) is 37.5 Å². The van der Waals surface area contributed by atoms with Crippen LogP contribution < -0.4 is 0 Å². The van der Waals surface area contributed by atoms with Crippen LogP contribution in [0.4, 0.5) is 0 Å². The van der Waals surface area contributed by atoms with Crippen molar-refractivity contribution in [3.63, 3.8) is 0 Å². The molecule has 1 aromatic carbocycles. The van der Waals surface area contributed by atoms with Gasteiger partial charge in [0, 0.05) is 13.2 Å². The zero-order valence-corrected chi connectivity index (χ0v) is 21.5. The second-order valence-electron chi connectivity index (χ2n) is 8.85. The van der Waals surface area contributed by atoms with Crippen LogP contribution in [0.2, 0.25) is 0 Å². The van der Waals surface area contributed by atoms with E-state index in [1.54, 1.807) is 0 Å². The summed E-state index contributed by atoms with van der Waals surface area (Å²) in [6, 6.07) is 7.70. The second kappa shape index (κ2) is 14.0. The Bertz CT molecular complexity index is 943. The largest absolute Gasteiger partial charge is 0.379 e. The zero-order chi connectivity index (χ0) is 24.9. The van der Waals surface area contributed by atoms with Gasteiger partial charge in [-0.3, -0.25) is 0 Å². The lowest BCUT2D eigenvalue weighted by atomic mass is 10.1. The lowest BCUT2D eigenvalue weighted by Gasteiger charge is -2.19. The van der Waals surface area contributed by atoms with E-state index in [1.807, 2.05) is 52.0 Å². The lowest BCUT2D eigenvalue weighted by Crippen LogP contribution is -2.24. The molecule has 6 nitrogen and oxygen atoms in total. The van der Waals surface area contributed by atoms with Crippen LogP contribution in [0, 0.1) is 23.7 Å². The topological polar surface area (TPSA) is 62.7 Å². The monoisotopic (exact) mass is 466 g/mol. The molecule has 0 fully saturated rings. The number of aromatic nitrogens is 2. The summed E-state index contributed by atoms with van der Waals surface area (Å²) in [7, 11) is 0. The molecule has 0 aliphatic rings. The van der Waals surface area contributed by atoms with Gasteiger partial charge in [0.25, 0.3) is 0 Å². The van der Waals surface area contributed by atoms with Gasteiger partial charge < -0.3 is 18.9 Å². The van der Waals surface area contributed by atoms with Gasteiger partial charge in [0.2, 0.25) is 0 Å². The van der Waals surface area contributed by atoms with E-state index >= 15 is 0 Å². The first kappa shape index (κ1) is 27.8. The predicted molar refractivity (Wildman–Crippen MR) is 136 cm³/mol. The molecule has 0 spiro atoms. The van der Waals surface area contributed by atoms with E-state index in [0.29, 0.717) is 37.8 Å². The maximum atomic E-state index is 5.90. The number of hydrogen-bond acceptors (Lipinski definition) is 6. The maximum absolute atomic E-state index is 5.90. The van der Waals surface area contributed by atoms with Crippen molar-refractivity contribution >= 4 is 11.0 Å². The normalized spacial score (nSPS) is 11.6. The molecule has 0 bridgehead atoms. The van der Waals surface area contributed by atoms with Gasteiger partial charge in [0.1, 0.15) is 22.6 Å². The molecule has 0 atom stereocenters. The van der Waals surface area contributed by atoms with Crippen molar-refractivity contribution < 1.29 is 18.9 Å². The van der Waals surface area contributed by atoms with Gasteiger partial charge in [0.15, 0.2) is 0 Å². The van der Waals surface area contributed by atoms with Crippen LogP contribution >= 0.6 is 0 Å². The first-order valence-electron chi connectivity index (χ1n) is 12.0. The summed E-state index contributed by atoms with van der Waals surface area (Å²) in [4.78, 5) is 9.43. The highest BCUT2D eigenvalue weighted by Crippen LogP contribution is 2.14. The van der Waals surface area contributed by atoms with Crippen LogP contribution in [0.15, 0.2) is 24.3 Å². The van der Waals surface area contributed by atoms with Crippen LogP contribution in [0.3, 0.4) is 0 Å². The minimum atomic E-state index is -0.658. The summed E-state index contributed by atoms with van der Waals surface area (Å²) in [6.45, 7) is 15.4. The highest BCUT2D eigenvalue weighted by molar-refractivity contribution is 5.75. The Morgan fingerprint density at radius 1 is 0.647 bits per heavy atom. The van der Waals surface area contributed by atoms with Gasteiger partial charge in [-0.25, -0.2) is 9.97 Å². The molecule has 0 N–H and O–H groups in total. The lowest BCUT2D eigenvalue weighted by molar-refractivity contribution is -0.0134. The van der Waals surface area contributed by atoms with E-state index in [-0.39, 0.29) is 0 Å². The Balaban J connectivity index is 2.21. The zero-order valence-electron chi connectivity index (χ0n) is 21.5. The van der Waals surface area contributed by atoms with Crippen LogP contribution in [0.1, 0.15) is 65.8 Å². The number of ether oxygens (including phenoxy) is 4. The molecule has 0 saturated heterocycles. The van der Waals surface area contributed by atoms with Crippen molar-refractivity contribution in [1.29, 1.82) is 0 Å². The third-order valence-electron chi connectivity index (χ3n) is 4.61. The third kappa shape index (κ3) is 10.2. The van der Waals surface area contributed by atoms with E-state index in [4.69, 9.17) is 28.9 Å². The Morgan fingerprint density at radius 3 is 1.44 bits per heavy atom. The molecule has 0 aliphatic carbocycles. The van der Waals surface area contributed by atoms with Crippen molar-refractivity contribution in [2.75, 3.05) is 39.6 Å². The molecule has 0 amide bonds. The molecule has 6 heteroatoms. The van der Waals surface area contributed by atoms with Crippen LogP contribution in [-0.2, 0) is 18.9 Å². The molecule has 0 aliphatic heterocycles. The van der Waals surface area contributed by atoms with Crippen LogP contribution in [-0.4, -0.2) is 60.8 Å². The average molecular weight is 467 g/mol. The molecular formula is C28H38N2O4. The fourth-order valence-electron chi connectivity index (χ4n) is 2.87. The number of hydrogen-bond donors (Lipinski definition) is 0.